The molecule has 20 heavy (non-hydrogen) atoms. The predicted molar refractivity (Wildman–Crippen MR) is 90.7 cm³/mol. The predicted octanol–water partition coefficient (Wildman–Crippen LogP) is 3.36. The van der Waals surface area contributed by atoms with Gasteiger partial charge in [0.05, 0.1) is 0 Å². The molecule has 1 fully saturated rings. The number of unbranched alkanes of at least 4 members (excludes halogenated alkanes) is 1. The highest BCUT2D eigenvalue weighted by Gasteiger charge is 2.36. The molecule has 0 aromatic rings. The van der Waals surface area contributed by atoms with Crippen molar-refractivity contribution in [3.05, 3.63) is 0 Å². The van der Waals surface area contributed by atoms with Crippen molar-refractivity contribution in [2.45, 2.75) is 58.4 Å². The number of nitrogens with one attached hydrogen (secondary N) is 1. The van der Waals surface area contributed by atoms with E-state index < -0.39 is 0 Å². The number of rotatable bonds is 6. The monoisotopic (exact) mass is 297 g/mol. The fraction of sp³-hybridized carbons (Fsp3) is 0.938. The van der Waals surface area contributed by atoms with Crippen molar-refractivity contribution in [3.8, 4) is 0 Å². The molecule has 1 heterocycles. The van der Waals surface area contributed by atoms with Gasteiger partial charge in [0.1, 0.15) is 0 Å². The lowest BCUT2D eigenvalue weighted by molar-refractivity contribution is 0.268. The Morgan fingerprint density at radius 2 is 2.05 bits per heavy atom. The number of hydrogen-bond donors (Lipinski definition) is 1. The van der Waals surface area contributed by atoms with Gasteiger partial charge in [0.15, 0.2) is 5.17 Å². The van der Waals surface area contributed by atoms with Gasteiger partial charge in [-0.3, -0.25) is 4.99 Å². The molecule has 3 nitrogen and oxygen atoms in total. The van der Waals surface area contributed by atoms with Crippen molar-refractivity contribution in [2.75, 3.05) is 32.4 Å². The molecule has 0 unspecified atom stereocenters. The van der Waals surface area contributed by atoms with Crippen LogP contribution in [-0.2, 0) is 0 Å². The Hall–Kier alpha value is -0.220. The Morgan fingerprint density at radius 3 is 2.65 bits per heavy atom. The second kappa shape index (κ2) is 7.69. The topological polar surface area (TPSA) is 27.6 Å². The Bertz CT molecular complexity index is 322. The van der Waals surface area contributed by atoms with Gasteiger partial charge < -0.3 is 10.2 Å². The minimum absolute atomic E-state index is 0.565. The van der Waals surface area contributed by atoms with Gasteiger partial charge in [0.25, 0.3) is 0 Å². The molecular formula is C16H31N3S. The fourth-order valence-electron chi connectivity index (χ4n) is 3.03. The maximum Gasteiger partial charge on any atom is 0.156 e. The third-order valence-electron chi connectivity index (χ3n) is 4.83. The van der Waals surface area contributed by atoms with E-state index in [1.54, 1.807) is 0 Å². The van der Waals surface area contributed by atoms with Crippen molar-refractivity contribution in [1.82, 2.24) is 10.2 Å². The van der Waals surface area contributed by atoms with E-state index in [0.29, 0.717) is 11.5 Å². The summed E-state index contributed by atoms with van der Waals surface area (Å²) in [6, 6.07) is 0.656. The minimum atomic E-state index is 0.565. The largest absolute Gasteiger partial charge is 0.365 e. The van der Waals surface area contributed by atoms with Crippen LogP contribution in [0.25, 0.3) is 0 Å². The van der Waals surface area contributed by atoms with Gasteiger partial charge in [-0.1, -0.05) is 24.6 Å². The van der Waals surface area contributed by atoms with Crippen molar-refractivity contribution < 1.29 is 0 Å². The van der Waals surface area contributed by atoms with E-state index >= 15 is 0 Å². The summed E-state index contributed by atoms with van der Waals surface area (Å²) in [6.45, 7) is 7.85. The molecule has 0 atom stereocenters. The Labute approximate surface area is 129 Å². The van der Waals surface area contributed by atoms with E-state index in [4.69, 9.17) is 4.99 Å². The standard InChI is InChI=1S/C16H31N3S/c1-14(2)19(3)11-7-6-10-17-15-18-12-16(13-20-15)8-4-5-9-16/h14H,4-13H2,1-3H3,(H,17,18). The van der Waals surface area contributed by atoms with Crippen molar-refractivity contribution in [3.63, 3.8) is 0 Å². The van der Waals surface area contributed by atoms with E-state index in [2.05, 4.69) is 31.1 Å². The molecule has 4 heteroatoms. The highest BCUT2D eigenvalue weighted by Crippen LogP contribution is 2.43. The van der Waals surface area contributed by atoms with Crippen molar-refractivity contribution in [2.24, 2.45) is 10.4 Å². The Balaban J connectivity index is 1.58. The third-order valence-corrected chi connectivity index (χ3v) is 6.14. The first-order valence-electron chi connectivity index (χ1n) is 8.23. The second-order valence-corrected chi connectivity index (χ2v) is 7.79. The van der Waals surface area contributed by atoms with Crippen LogP contribution < -0.4 is 5.32 Å². The number of amidine groups is 1. The van der Waals surface area contributed by atoms with Gasteiger partial charge in [-0.15, -0.1) is 0 Å². The fourth-order valence-corrected chi connectivity index (χ4v) is 4.21. The molecule has 0 saturated heterocycles. The van der Waals surface area contributed by atoms with Gasteiger partial charge in [-0.25, -0.2) is 0 Å². The van der Waals surface area contributed by atoms with E-state index in [0.717, 1.165) is 13.1 Å². The summed E-state index contributed by atoms with van der Waals surface area (Å²) in [5, 5.41) is 4.72. The molecule has 0 bridgehead atoms. The van der Waals surface area contributed by atoms with E-state index in [1.807, 2.05) is 11.8 Å². The smallest absolute Gasteiger partial charge is 0.156 e. The molecule has 1 spiro atoms. The zero-order valence-electron chi connectivity index (χ0n) is 13.5. The lowest BCUT2D eigenvalue weighted by atomic mass is 9.89. The molecular weight excluding hydrogens is 266 g/mol. The van der Waals surface area contributed by atoms with Gasteiger partial charge in [-0.2, -0.15) is 0 Å². The summed E-state index contributed by atoms with van der Waals surface area (Å²) in [5.41, 5.74) is 0.565. The zero-order chi connectivity index (χ0) is 14.4. The summed E-state index contributed by atoms with van der Waals surface area (Å²) in [7, 11) is 2.21. The van der Waals surface area contributed by atoms with Crippen LogP contribution in [0.3, 0.4) is 0 Å². The second-order valence-electron chi connectivity index (χ2n) is 6.83. The first-order chi connectivity index (χ1) is 9.61. The summed E-state index contributed by atoms with van der Waals surface area (Å²) in [5.74, 6) is 1.29. The van der Waals surface area contributed by atoms with Crippen molar-refractivity contribution in [1.29, 1.82) is 0 Å². The van der Waals surface area contributed by atoms with Crippen LogP contribution >= 0.6 is 11.8 Å². The number of aliphatic imine (C=N–C) groups is 1. The van der Waals surface area contributed by atoms with Gasteiger partial charge in [-0.05, 0) is 58.5 Å². The molecule has 1 aliphatic heterocycles. The van der Waals surface area contributed by atoms with E-state index in [1.165, 1.54) is 56.0 Å². The van der Waals surface area contributed by atoms with Crippen LogP contribution in [0.15, 0.2) is 4.99 Å². The lowest BCUT2D eigenvalue weighted by Gasteiger charge is -2.31. The molecule has 0 aromatic heterocycles. The maximum absolute atomic E-state index is 4.78. The normalized spacial score (nSPS) is 21.8. The maximum atomic E-state index is 4.78. The highest BCUT2D eigenvalue weighted by atomic mass is 32.2. The van der Waals surface area contributed by atoms with Crippen LogP contribution in [0.4, 0.5) is 0 Å². The van der Waals surface area contributed by atoms with Gasteiger partial charge >= 0.3 is 0 Å². The average molecular weight is 298 g/mol. The first kappa shape index (κ1) is 16.2. The molecule has 1 aliphatic carbocycles. The molecule has 0 amide bonds. The third kappa shape index (κ3) is 4.66. The Kier molecular flexibility index (Phi) is 6.21. The van der Waals surface area contributed by atoms with Gasteiger partial charge in [0.2, 0.25) is 0 Å². The highest BCUT2D eigenvalue weighted by molar-refractivity contribution is 8.13. The number of nitrogens with zero attached hydrogens (tertiary/aromatic N) is 2. The lowest BCUT2D eigenvalue weighted by Crippen LogP contribution is -2.34. The number of hydrogen-bond acceptors (Lipinski definition) is 4. The summed E-state index contributed by atoms with van der Waals surface area (Å²) < 4.78 is 0. The minimum Gasteiger partial charge on any atom is -0.365 e. The molecule has 2 aliphatic rings. The molecule has 1 N–H and O–H groups in total. The molecule has 0 radical (unpaired) electrons. The first-order valence-corrected chi connectivity index (χ1v) is 9.21. The molecule has 2 rings (SSSR count). The molecule has 0 aromatic carbocycles. The van der Waals surface area contributed by atoms with Crippen LogP contribution in [-0.4, -0.2) is 48.5 Å². The molecule has 1 saturated carbocycles. The average Bonchev–Trinajstić information content (AvgIpc) is 2.89. The summed E-state index contributed by atoms with van der Waals surface area (Å²) in [6.07, 6.45) is 8.15. The van der Waals surface area contributed by atoms with Crippen molar-refractivity contribution >= 4 is 16.9 Å². The Morgan fingerprint density at radius 1 is 1.30 bits per heavy atom. The van der Waals surface area contributed by atoms with Crippen LogP contribution in [0.5, 0.6) is 0 Å². The SMILES string of the molecule is CC(C)N(C)CCCCNC1=NCC2(CCCC2)CS1. The van der Waals surface area contributed by atoms with Crippen LogP contribution in [0, 0.1) is 5.41 Å². The van der Waals surface area contributed by atoms with E-state index in [-0.39, 0.29) is 0 Å². The van der Waals surface area contributed by atoms with Crippen LogP contribution in [0.2, 0.25) is 0 Å². The summed E-state index contributed by atoms with van der Waals surface area (Å²) >= 11 is 1.96. The summed E-state index contributed by atoms with van der Waals surface area (Å²) in [4.78, 5) is 7.20. The molecule has 116 valence electrons. The van der Waals surface area contributed by atoms with Crippen LogP contribution in [0.1, 0.15) is 52.4 Å². The number of thioether (sulfide) groups is 1. The zero-order valence-corrected chi connectivity index (χ0v) is 14.3. The quantitative estimate of drug-likeness (QED) is 0.762. The van der Waals surface area contributed by atoms with Gasteiger partial charge in [0, 0.05) is 24.9 Å². The van der Waals surface area contributed by atoms with E-state index in [9.17, 15) is 0 Å².